The van der Waals surface area contributed by atoms with Crippen molar-refractivity contribution in [1.29, 1.82) is 0 Å². The number of aromatic nitrogens is 2. The summed E-state index contributed by atoms with van der Waals surface area (Å²) >= 11 is 0. The fourth-order valence-electron chi connectivity index (χ4n) is 3.03. The maximum absolute atomic E-state index is 11.8. The van der Waals surface area contributed by atoms with Gasteiger partial charge in [0.1, 0.15) is 24.3 Å². The van der Waals surface area contributed by atoms with Crippen molar-refractivity contribution in [3.05, 3.63) is 53.1 Å². The van der Waals surface area contributed by atoms with Gasteiger partial charge >= 0.3 is 5.82 Å². The van der Waals surface area contributed by atoms with E-state index < -0.39 is 0 Å². The van der Waals surface area contributed by atoms with E-state index in [0.717, 1.165) is 28.7 Å². The van der Waals surface area contributed by atoms with Crippen LogP contribution in [0.25, 0.3) is 0 Å². The third-order valence-electron chi connectivity index (χ3n) is 4.71. The Morgan fingerprint density at radius 1 is 1.36 bits per heavy atom. The van der Waals surface area contributed by atoms with Gasteiger partial charge in [0.05, 0.1) is 12.7 Å². The van der Waals surface area contributed by atoms with Crippen molar-refractivity contribution in [1.82, 2.24) is 9.88 Å². The Balaban J connectivity index is 1.46. The number of rotatable bonds is 6. The van der Waals surface area contributed by atoms with Crippen LogP contribution in [-0.2, 0) is 13.1 Å². The van der Waals surface area contributed by atoms with E-state index in [1.54, 1.807) is 12.3 Å². The lowest BCUT2D eigenvalue weighted by Crippen LogP contribution is -2.37. The van der Waals surface area contributed by atoms with E-state index >= 15 is 0 Å². The fourth-order valence-corrected chi connectivity index (χ4v) is 3.03. The predicted octanol–water partition coefficient (Wildman–Crippen LogP) is 2.60. The minimum absolute atomic E-state index is 0.551. The van der Waals surface area contributed by atoms with Crippen molar-refractivity contribution in [2.24, 2.45) is 5.92 Å². The Bertz CT molecular complexity index is 665. The van der Waals surface area contributed by atoms with Gasteiger partial charge in [-0.2, -0.15) is 0 Å². The van der Waals surface area contributed by atoms with Gasteiger partial charge in [-0.3, -0.25) is 4.90 Å². The van der Waals surface area contributed by atoms with Gasteiger partial charge in [-0.15, -0.1) is 0 Å². The maximum Gasteiger partial charge on any atom is 0.315 e. The van der Waals surface area contributed by atoms with Crippen LogP contribution in [0.3, 0.4) is 0 Å². The van der Waals surface area contributed by atoms with Crippen LogP contribution in [0.5, 0.6) is 0 Å². The van der Waals surface area contributed by atoms with E-state index in [-0.39, 0.29) is 0 Å². The first-order valence-corrected chi connectivity index (χ1v) is 8.06. The second kappa shape index (κ2) is 5.39. The Hall–Kier alpha value is -1.88. The summed E-state index contributed by atoms with van der Waals surface area (Å²) in [6, 6.07) is 6.41. The normalized spacial score (nSPS) is 23.9. The smallest absolute Gasteiger partial charge is 0.315 e. The highest BCUT2D eigenvalue weighted by Gasteiger charge is 2.37. The zero-order valence-corrected chi connectivity index (χ0v) is 12.8. The monoisotopic (exact) mass is 299 g/mol. The molecule has 116 valence electrons. The van der Waals surface area contributed by atoms with Gasteiger partial charge in [0, 0.05) is 18.0 Å². The molecule has 0 aromatic carbocycles. The summed E-state index contributed by atoms with van der Waals surface area (Å²) < 4.78 is 6.86. The Labute approximate surface area is 130 Å². The number of nitrogens with zero attached hydrogens (tertiary/aromatic N) is 3. The topological polar surface area (TPSA) is 56.2 Å². The first-order chi connectivity index (χ1) is 10.7. The zero-order valence-electron chi connectivity index (χ0n) is 12.8. The highest BCUT2D eigenvalue weighted by Crippen LogP contribution is 2.47. The van der Waals surface area contributed by atoms with Gasteiger partial charge < -0.3 is 9.62 Å². The molecule has 0 N–H and O–H groups in total. The molecule has 22 heavy (non-hydrogen) atoms. The molecule has 2 saturated carbocycles. The van der Waals surface area contributed by atoms with Crippen LogP contribution in [0, 0.1) is 11.1 Å². The molecule has 0 saturated heterocycles. The van der Waals surface area contributed by atoms with Gasteiger partial charge in [-0.25, -0.2) is 4.73 Å². The lowest BCUT2D eigenvalue weighted by atomic mass is 10.3. The van der Waals surface area contributed by atoms with Crippen LogP contribution in [0.2, 0.25) is 0 Å². The first kappa shape index (κ1) is 13.8. The standard InChI is InChI=1S/C17H21N3O2/c1-12-9-15(12)16-6-5-14(22-16)10-19(13-3-4-13)11-17-18-7-2-8-20(17)21/h2,5-8,12-13,15H,3-4,9-11H2,1H3/t12-,15-/m0/s1. The second-order valence-corrected chi connectivity index (χ2v) is 6.62. The van der Waals surface area contributed by atoms with Crippen molar-refractivity contribution >= 4 is 0 Å². The highest BCUT2D eigenvalue weighted by molar-refractivity contribution is 5.17. The molecule has 2 aromatic heterocycles. The van der Waals surface area contributed by atoms with Crippen molar-refractivity contribution in [2.75, 3.05) is 0 Å². The zero-order chi connectivity index (χ0) is 15.1. The number of hydrogen-bond donors (Lipinski definition) is 0. The largest absolute Gasteiger partial charge is 0.711 e. The summed E-state index contributed by atoms with van der Waals surface area (Å²) in [4.78, 5) is 6.50. The maximum atomic E-state index is 11.8. The predicted molar refractivity (Wildman–Crippen MR) is 80.7 cm³/mol. The van der Waals surface area contributed by atoms with Crippen LogP contribution in [-0.4, -0.2) is 15.9 Å². The molecule has 2 aromatic rings. The third kappa shape index (κ3) is 2.86. The van der Waals surface area contributed by atoms with E-state index in [1.165, 1.54) is 25.5 Å². The molecule has 4 rings (SSSR count). The Morgan fingerprint density at radius 3 is 2.86 bits per heavy atom. The number of hydrogen-bond acceptors (Lipinski definition) is 4. The quantitative estimate of drug-likeness (QED) is 0.608. The number of furan rings is 1. The molecule has 0 amide bonds. The molecule has 2 aliphatic carbocycles. The van der Waals surface area contributed by atoms with E-state index in [2.05, 4.69) is 28.9 Å². The Kier molecular flexibility index (Phi) is 3.37. The summed E-state index contributed by atoms with van der Waals surface area (Å²) in [7, 11) is 0. The van der Waals surface area contributed by atoms with Gasteiger partial charge in [0.25, 0.3) is 0 Å². The molecule has 0 aliphatic heterocycles. The average Bonchev–Trinajstić information content (AvgIpc) is 3.42. The Morgan fingerprint density at radius 2 is 2.18 bits per heavy atom. The van der Waals surface area contributed by atoms with Crippen molar-refractivity contribution in [3.8, 4) is 0 Å². The van der Waals surface area contributed by atoms with Crippen LogP contribution in [0.1, 0.15) is 49.4 Å². The van der Waals surface area contributed by atoms with Crippen LogP contribution in [0.15, 0.2) is 35.0 Å². The molecule has 2 heterocycles. The van der Waals surface area contributed by atoms with E-state index in [4.69, 9.17) is 4.42 Å². The summed E-state index contributed by atoms with van der Waals surface area (Å²) in [6.45, 7) is 3.59. The van der Waals surface area contributed by atoms with E-state index in [1.807, 2.05) is 0 Å². The van der Waals surface area contributed by atoms with Crippen molar-refractivity contribution < 1.29 is 9.15 Å². The van der Waals surface area contributed by atoms with Crippen LogP contribution in [0.4, 0.5) is 0 Å². The molecule has 0 unspecified atom stereocenters. The molecule has 0 spiro atoms. The van der Waals surface area contributed by atoms with Gasteiger partial charge in [-0.1, -0.05) is 11.9 Å². The van der Waals surface area contributed by atoms with E-state index in [0.29, 0.717) is 24.3 Å². The second-order valence-electron chi connectivity index (χ2n) is 6.62. The van der Waals surface area contributed by atoms with Gasteiger partial charge in [0.2, 0.25) is 0 Å². The van der Waals surface area contributed by atoms with Crippen LogP contribution < -0.4 is 4.73 Å². The summed E-state index contributed by atoms with van der Waals surface area (Å²) in [6.07, 6.45) is 6.81. The molecule has 0 radical (unpaired) electrons. The highest BCUT2D eigenvalue weighted by atomic mass is 16.5. The molecule has 2 atom stereocenters. The summed E-state index contributed by atoms with van der Waals surface area (Å²) in [5.41, 5.74) is 0. The third-order valence-corrected chi connectivity index (χ3v) is 4.71. The van der Waals surface area contributed by atoms with Crippen molar-refractivity contribution in [3.63, 3.8) is 0 Å². The van der Waals surface area contributed by atoms with E-state index in [9.17, 15) is 5.21 Å². The summed E-state index contributed by atoms with van der Waals surface area (Å²) in [5.74, 6) is 4.04. The molecule has 2 aliphatic rings. The molecular formula is C17H21N3O2. The first-order valence-electron chi connectivity index (χ1n) is 8.06. The molecule has 0 bridgehead atoms. The minimum atomic E-state index is 0.551. The minimum Gasteiger partial charge on any atom is -0.711 e. The molecule has 2 fully saturated rings. The van der Waals surface area contributed by atoms with Crippen LogP contribution >= 0.6 is 0 Å². The fraction of sp³-hybridized carbons (Fsp3) is 0.529. The SMILES string of the molecule is C[C@H]1C[C@@H]1c1ccc(CN(Cc2nccc[n+]2[O-])C2CC2)o1. The van der Waals surface area contributed by atoms with Crippen molar-refractivity contribution in [2.45, 2.75) is 51.2 Å². The molecular weight excluding hydrogens is 278 g/mol. The lowest BCUT2D eigenvalue weighted by molar-refractivity contribution is -0.619. The lowest BCUT2D eigenvalue weighted by Gasteiger charge is -2.19. The van der Waals surface area contributed by atoms with Gasteiger partial charge in [0.15, 0.2) is 0 Å². The summed E-state index contributed by atoms with van der Waals surface area (Å²) in [5, 5.41) is 11.8. The molecule has 5 heteroatoms. The average molecular weight is 299 g/mol. The molecule has 5 nitrogen and oxygen atoms in total. The van der Waals surface area contributed by atoms with Gasteiger partial charge in [-0.05, 0) is 37.3 Å².